The van der Waals surface area contributed by atoms with Gasteiger partial charge in [-0.05, 0) is 64.5 Å². The molecule has 0 saturated carbocycles. The summed E-state index contributed by atoms with van der Waals surface area (Å²) in [6.07, 6.45) is 1.70. The summed E-state index contributed by atoms with van der Waals surface area (Å²) in [7, 11) is 0. The van der Waals surface area contributed by atoms with Crippen LogP contribution >= 0.6 is 31.9 Å². The van der Waals surface area contributed by atoms with E-state index in [1.165, 1.54) is 0 Å². The van der Waals surface area contributed by atoms with Gasteiger partial charge in [0.1, 0.15) is 0 Å². The number of anilines is 1. The van der Waals surface area contributed by atoms with E-state index in [9.17, 15) is 4.79 Å². The monoisotopic (exact) mass is 542 g/mol. The minimum atomic E-state index is -0.423. The van der Waals surface area contributed by atoms with E-state index >= 15 is 0 Å². The molecule has 0 atom stereocenters. The van der Waals surface area contributed by atoms with Crippen LogP contribution in [0, 0.1) is 0 Å². The van der Waals surface area contributed by atoms with Gasteiger partial charge in [-0.25, -0.2) is 4.79 Å². The number of nitrogens with zero attached hydrogens (tertiary/aromatic N) is 2. The van der Waals surface area contributed by atoms with Gasteiger partial charge in [0.15, 0.2) is 5.75 Å². The van der Waals surface area contributed by atoms with Gasteiger partial charge in [-0.3, -0.25) is 4.99 Å². The van der Waals surface area contributed by atoms with Crippen molar-refractivity contribution in [2.45, 2.75) is 0 Å². The predicted molar refractivity (Wildman–Crippen MR) is 130 cm³/mol. The molecule has 4 rings (SSSR count). The van der Waals surface area contributed by atoms with Crippen LogP contribution < -0.4 is 9.64 Å². The number of esters is 1. The molecule has 0 N–H and O–H groups in total. The Hall–Kier alpha value is -2.48. The molecule has 7 heteroatoms. The molecule has 1 heterocycles. The molecule has 0 aromatic heterocycles. The molecule has 1 aliphatic rings. The van der Waals surface area contributed by atoms with Crippen LogP contribution in [0.2, 0.25) is 0 Å². The van der Waals surface area contributed by atoms with Crippen LogP contribution in [0.15, 0.2) is 80.7 Å². The van der Waals surface area contributed by atoms with Gasteiger partial charge in [-0.1, -0.05) is 34.1 Å². The molecule has 0 unspecified atom stereocenters. The number of carbonyl (C=O) groups is 1. The Morgan fingerprint density at radius 1 is 1.00 bits per heavy atom. The minimum Gasteiger partial charge on any atom is -0.421 e. The van der Waals surface area contributed by atoms with Crippen molar-refractivity contribution in [2.24, 2.45) is 4.99 Å². The number of rotatable bonds is 5. The SMILES string of the molecule is O=C(Oc1c(Br)cc(Br)cc1C=Nc1ccc(N2CCOCC2)cc1)c1ccccc1. The lowest BCUT2D eigenvalue weighted by Crippen LogP contribution is -2.36. The van der Waals surface area contributed by atoms with Crippen molar-refractivity contribution in [2.75, 3.05) is 31.2 Å². The normalized spacial score (nSPS) is 14.1. The van der Waals surface area contributed by atoms with Crippen molar-refractivity contribution >= 4 is 55.4 Å². The topological polar surface area (TPSA) is 51.1 Å². The fourth-order valence-electron chi connectivity index (χ4n) is 3.22. The van der Waals surface area contributed by atoms with Crippen LogP contribution in [0.5, 0.6) is 5.75 Å². The number of hydrogen-bond donors (Lipinski definition) is 0. The Kier molecular flexibility index (Phi) is 7.17. The van der Waals surface area contributed by atoms with Gasteiger partial charge >= 0.3 is 5.97 Å². The Labute approximate surface area is 198 Å². The number of carbonyl (C=O) groups excluding carboxylic acids is 1. The number of benzene rings is 3. The maximum absolute atomic E-state index is 12.6. The highest BCUT2D eigenvalue weighted by atomic mass is 79.9. The summed E-state index contributed by atoms with van der Waals surface area (Å²) in [4.78, 5) is 19.4. The third kappa shape index (κ3) is 5.61. The molecular weight excluding hydrogens is 524 g/mol. The largest absolute Gasteiger partial charge is 0.421 e. The Bertz CT molecular complexity index is 1080. The molecule has 0 radical (unpaired) electrons. The van der Waals surface area contributed by atoms with Gasteiger partial charge in [-0.2, -0.15) is 0 Å². The molecule has 1 fully saturated rings. The van der Waals surface area contributed by atoms with Crippen LogP contribution in [0.1, 0.15) is 15.9 Å². The highest BCUT2D eigenvalue weighted by Crippen LogP contribution is 2.33. The summed E-state index contributed by atoms with van der Waals surface area (Å²) in [5.74, 6) is -0.00104. The Morgan fingerprint density at radius 2 is 1.71 bits per heavy atom. The molecule has 0 amide bonds. The number of halogens is 2. The lowest BCUT2D eigenvalue weighted by molar-refractivity contribution is 0.0733. The van der Waals surface area contributed by atoms with E-state index in [1.807, 2.05) is 30.3 Å². The first-order valence-electron chi connectivity index (χ1n) is 9.83. The zero-order valence-corrected chi connectivity index (χ0v) is 19.8. The molecule has 0 bridgehead atoms. The fraction of sp³-hybridized carbons (Fsp3) is 0.167. The predicted octanol–water partition coefficient (Wildman–Crippen LogP) is 6.02. The first-order chi connectivity index (χ1) is 15.1. The van der Waals surface area contributed by atoms with Crippen molar-refractivity contribution in [3.05, 3.63) is 86.8 Å². The molecule has 158 valence electrons. The standard InChI is InChI=1S/C24H20Br2N2O3/c25-19-14-18(23(22(26)15-19)31-24(29)17-4-2-1-3-5-17)16-27-20-6-8-21(9-7-20)28-10-12-30-13-11-28/h1-9,14-16H,10-13H2. The Morgan fingerprint density at radius 3 is 2.42 bits per heavy atom. The van der Waals surface area contributed by atoms with Gasteiger partial charge in [0.25, 0.3) is 0 Å². The fourth-order valence-corrected chi connectivity index (χ4v) is 4.56. The summed E-state index contributed by atoms with van der Waals surface area (Å²) in [5, 5.41) is 0. The van der Waals surface area contributed by atoms with Crippen LogP contribution in [0.25, 0.3) is 0 Å². The van der Waals surface area contributed by atoms with Crippen molar-refractivity contribution in [1.82, 2.24) is 0 Å². The maximum Gasteiger partial charge on any atom is 0.343 e. The smallest absolute Gasteiger partial charge is 0.343 e. The van der Waals surface area contributed by atoms with E-state index in [4.69, 9.17) is 9.47 Å². The van der Waals surface area contributed by atoms with E-state index in [0.717, 1.165) is 42.2 Å². The average Bonchev–Trinajstić information content (AvgIpc) is 2.81. The molecule has 5 nitrogen and oxygen atoms in total. The van der Waals surface area contributed by atoms with Gasteiger partial charge in [-0.15, -0.1) is 0 Å². The third-order valence-corrected chi connectivity index (χ3v) is 5.87. The van der Waals surface area contributed by atoms with Crippen molar-refractivity contribution < 1.29 is 14.3 Å². The van der Waals surface area contributed by atoms with Crippen LogP contribution in [0.3, 0.4) is 0 Å². The lowest BCUT2D eigenvalue weighted by Gasteiger charge is -2.28. The molecule has 0 spiro atoms. The Balaban J connectivity index is 1.54. The van der Waals surface area contributed by atoms with Crippen molar-refractivity contribution in [1.29, 1.82) is 0 Å². The summed E-state index contributed by atoms with van der Waals surface area (Å²) < 4.78 is 12.6. The minimum absolute atomic E-state index is 0.422. The third-order valence-electron chi connectivity index (χ3n) is 4.82. The zero-order valence-electron chi connectivity index (χ0n) is 16.6. The van der Waals surface area contributed by atoms with Crippen LogP contribution in [0.4, 0.5) is 11.4 Å². The van der Waals surface area contributed by atoms with Gasteiger partial charge in [0.05, 0.1) is 28.9 Å². The molecule has 3 aromatic carbocycles. The average molecular weight is 544 g/mol. The second-order valence-corrected chi connectivity index (χ2v) is 8.71. The van der Waals surface area contributed by atoms with Crippen LogP contribution in [-0.4, -0.2) is 38.5 Å². The van der Waals surface area contributed by atoms with Gasteiger partial charge < -0.3 is 14.4 Å². The number of morpholine rings is 1. The van der Waals surface area contributed by atoms with E-state index in [0.29, 0.717) is 21.3 Å². The van der Waals surface area contributed by atoms with Crippen LogP contribution in [-0.2, 0) is 4.74 Å². The van der Waals surface area contributed by atoms with Gasteiger partial charge in [0.2, 0.25) is 0 Å². The molecule has 0 aliphatic carbocycles. The van der Waals surface area contributed by atoms with E-state index < -0.39 is 5.97 Å². The molecule has 1 saturated heterocycles. The molecule has 31 heavy (non-hydrogen) atoms. The lowest BCUT2D eigenvalue weighted by atomic mass is 10.2. The highest BCUT2D eigenvalue weighted by molar-refractivity contribution is 9.11. The van der Waals surface area contributed by atoms with E-state index in [-0.39, 0.29) is 0 Å². The number of aliphatic imine (C=N–C) groups is 1. The first kappa shape index (κ1) is 21.7. The number of hydrogen-bond acceptors (Lipinski definition) is 5. The number of ether oxygens (including phenoxy) is 2. The molecule has 1 aliphatic heterocycles. The van der Waals surface area contributed by atoms with Crippen molar-refractivity contribution in [3.8, 4) is 5.75 Å². The summed E-state index contributed by atoms with van der Waals surface area (Å²) in [6.45, 7) is 3.29. The van der Waals surface area contributed by atoms with E-state index in [2.05, 4.69) is 53.9 Å². The second-order valence-electron chi connectivity index (χ2n) is 6.94. The zero-order chi connectivity index (χ0) is 21.6. The quantitative estimate of drug-likeness (QED) is 0.224. The molecular formula is C24H20Br2N2O3. The first-order valence-corrected chi connectivity index (χ1v) is 11.4. The maximum atomic E-state index is 12.6. The highest BCUT2D eigenvalue weighted by Gasteiger charge is 2.15. The second kappa shape index (κ2) is 10.2. The summed E-state index contributed by atoms with van der Waals surface area (Å²) >= 11 is 6.98. The summed E-state index contributed by atoms with van der Waals surface area (Å²) in [6, 6.07) is 20.7. The van der Waals surface area contributed by atoms with Gasteiger partial charge in [0, 0.05) is 35.0 Å². The van der Waals surface area contributed by atoms with Crippen molar-refractivity contribution in [3.63, 3.8) is 0 Å². The molecule has 3 aromatic rings. The van der Waals surface area contributed by atoms with E-state index in [1.54, 1.807) is 30.5 Å². The summed E-state index contributed by atoms with van der Waals surface area (Å²) in [5.41, 5.74) is 3.14.